The number of sulfonamides is 1. The van der Waals surface area contributed by atoms with Crippen molar-refractivity contribution in [1.82, 2.24) is 18.7 Å². The summed E-state index contributed by atoms with van der Waals surface area (Å²) in [5, 5.41) is 0. The number of nitrogens with one attached hydrogen (secondary N) is 1. The molecule has 0 aliphatic carbocycles. The second-order valence-electron chi connectivity index (χ2n) is 6.83. The summed E-state index contributed by atoms with van der Waals surface area (Å²) in [6.07, 6.45) is 3.68. The largest absolute Gasteiger partial charge is 0.511 e. The summed E-state index contributed by atoms with van der Waals surface area (Å²) >= 11 is 0. The average Bonchev–Trinajstić information content (AvgIpc) is 3.19. The van der Waals surface area contributed by atoms with Crippen molar-refractivity contribution in [3.63, 3.8) is 0 Å². The minimum absolute atomic E-state index is 0.118. The maximum absolute atomic E-state index is 12.6. The van der Waals surface area contributed by atoms with Gasteiger partial charge < -0.3 is 4.98 Å². The first-order valence-corrected chi connectivity index (χ1v) is 9.99. The molecule has 3 aromatic heterocycles. The fourth-order valence-electron chi connectivity index (χ4n) is 3.73. The number of hydrogen-bond acceptors (Lipinski definition) is 4. The van der Waals surface area contributed by atoms with E-state index in [1.165, 1.54) is 6.20 Å². The van der Waals surface area contributed by atoms with Gasteiger partial charge in [-0.25, -0.2) is 13.4 Å². The molecule has 0 unspecified atom stereocenters. The fraction of sp³-hybridized carbons (Fsp3) is 0.500. The predicted molar refractivity (Wildman–Crippen MR) is 92.1 cm³/mol. The van der Waals surface area contributed by atoms with Crippen molar-refractivity contribution in [2.24, 2.45) is 5.92 Å². The molecule has 0 amide bonds. The number of aromatic nitrogens is 3. The molecular weight excluding hydrogens is 385 g/mol. The standard InChI is InChI=1S/C16H17F3N4O3S/c17-16(18,19)27(25,26)22-7-5-10(6-8-22)1-2-11-3-4-13-21-15(24)12-9-20-14(11)23(12)13/h3-4,9-10H,1-2,5-8H2,(H,21,24). The van der Waals surface area contributed by atoms with Crippen LogP contribution in [0, 0.1) is 5.92 Å². The van der Waals surface area contributed by atoms with Gasteiger partial charge in [0.05, 0.1) is 6.20 Å². The van der Waals surface area contributed by atoms with Gasteiger partial charge in [0.25, 0.3) is 5.56 Å². The Morgan fingerprint density at radius 1 is 1.22 bits per heavy atom. The van der Waals surface area contributed by atoms with Crippen LogP contribution in [0.25, 0.3) is 16.8 Å². The van der Waals surface area contributed by atoms with Gasteiger partial charge in [-0.3, -0.25) is 9.20 Å². The van der Waals surface area contributed by atoms with Crippen molar-refractivity contribution in [1.29, 1.82) is 0 Å². The number of imidazole rings is 2. The van der Waals surface area contributed by atoms with Gasteiger partial charge in [0.1, 0.15) is 16.8 Å². The number of H-pyrrole nitrogens is 1. The Morgan fingerprint density at radius 2 is 1.93 bits per heavy atom. The fourth-order valence-corrected chi connectivity index (χ4v) is 4.71. The summed E-state index contributed by atoms with van der Waals surface area (Å²) in [6.45, 7) is -0.236. The van der Waals surface area contributed by atoms with Crippen LogP contribution in [-0.2, 0) is 16.4 Å². The lowest BCUT2D eigenvalue weighted by Gasteiger charge is -2.31. The summed E-state index contributed by atoms with van der Waals surface area (Å²) in [5.41, 5.74) is -2.66. The molecule has 4 rings (SSSR count). The summed E-state index contributed by atoms with van der Waals surface area (Å²) in [4.78, 5) is 18.9. The van der Waals surface area contributed by atoms with Gasteiger partial charge in [0.15, 0.2) is 0 Å². The van der Waals surface area contributed by atoms with Crippen molar-refractivity contribution >= 4 is 26.8 Å². The third-order valence-corrected chi connectivity index (χ3v) is 6.86. The van der Waals surface area contributed by atoms with Gasteiger partial charge in [0, 0.05) is 13.1 Å². The van der Waals surface area contributed by atoms with Crippen molar-refractivity contribution in [2.45, 2.75) is 31.2 Å². The average molecular weight is 402 g/mol. The van der Waals surface area contributed by atoms with Crippen LogP contribution >= 0.6 is 0 Å². The van der Waals surface area contributed by atoms with E-state index < -0.39 is 15.5 Å². The Hall–Kier alpha value is -2.14. The van der Waals surface area contributed by atoms with Crippen LogP contribution < -0.4 is 5.56 Å². The zero-order valence-corrected chi connectivity index (χ0v) is 15.0. The maximum atomic E-state index is 12.6. The number of halogens is 3. The van der Waals surface area contributed by atoms with Crippen molar-refractivity contribution in [3.05, 3.63) is 34.2 Å². The van der Waals surface area contributed by atoms with Crippen LogP contribution in [0.1, 0.15) is 24.8 Å². The second-order valence-corrected chi connectivity index (χ2v) is 8.76. The number of aryl methyl sites for hydroxylation is 1. The van der Waals surface area contributed by atoms with E-state index in [0.29, 0.717) is 40.4 Å². The Labute approximate surface area is 152 Å². The molecule has 7 nitrogen and oxygen atoms in total. The zero-order chi connectivity index (χ0) is 19.4. The van der Waals surface area contributed by atoms with Crippen LogP contribution in [0.5, 0.6) is 0 Å². The Bertz CT molecular complexity index is 1130. The number of hydrogen-bond donors (Lipinski definition) is 1. The molecule has 1 N–H and O–H groups in total. The van der Waals surface area contributed by atoms with Crippen LogP contribution in [0.4, 0.5) is 13.2 Å². The molecule has 0 radical (unpaired) electrons. The molecule has 0 spiro atoms. The summed E-state index contributed by atoms with van der Waals surface area (Å²) in [7, 11) is -5.24. The lowest BCUT2D eigenvalue weighted by atomic mass is 9.91. The molecule has 146 valence electrons. The van der Waals surface area contributed by atoms with Gasteiger partial charge >= 0.3 is 15.5 Å². The first-order chi connectivity index (χ1) is 12.7. The van der Waals surface area contributed by atoms with E-state index in [1.807, 2.05) is 6.07 Å². The highest BCUT2D eigenvalue weighted by atomic mass is 32.2. The molecular formula is C16H17F3N4O3S. The van der Waals surface area contributed by atoms with E-state index in [2.05, 4.69) is 9.97 Å². The predicted octanol–water partition coefficient (Wildman–Crippen LogP) is 2.11. The number of aromatic amines is 1. The van der Waals surface area contributed by atoms with Crippen molar-refractivity contribution in [3.8, 4) is 0 Å². The van der Waals surface area contributed by atoms with E-state index in [-0.39, 0.29) is 24.6 Å². The highest BCUT2D eigenvalue weighted by Crippen LogP contribution is 2.31. The lowest BCUT2D eigenvalue weighted by Crippen LogP contribution is -2.44. The van der Waals surface area contributed by atoms with Gasteiger partial charge in [0.2, 0.25) is 0 Å². The highest BCUT2D eigenvalue weighted by Gasteiger charge is 2.50. The third kappa shape index (κ3) is 2.98. The summed E-state index contributed by atoms with van der Waals surface area (Å²) in [5.74, 6) is 0.142. The Kier molecular flexibility index (Phi) is 4.18. The highest BCUT2D eigenvalue weighted by molar-refractivity contribution is 7.90. The number of piperidine rings is 1. The summed E-state index contributed by atoms with van der Waals surface area (Å²) in [6, 6.07) is 3.69. The topological polar surface area (TPSA) is 87.5 Å². The molecule has 1 saturated heterocycles. The molecule has 3 aromatic rings. The maximum Gasteiger partial charge on any atom is 0.511 e. The smallest absolute Gasteiger partial charge is 0.306 e. The van der Waals surface area contributed by atoms with E-state index in [0.717, 1.165) is 12.0 Å². The van der Waals surface area contributed by atoms with E-state index in [9.17, 15) is 26.4 Å². The van der Waals surface area contributed by atoms with Crippen LogP contribution in [0.2, 0.25) is 0 Å². The third-order valence-electron chi connectivity index (χ3n) is 5.23. The molecule has 0 bridgehead atoms. The molecule has 11 heteroatoms. The molecule has 27 heavy (non-hydrogen) atoms. The molecule has 4 heterocycles. The van der Waals surface area contributed by atoms with E-state index >= 15 is 0 Å². The quantitative estimate of drug-likeness (QED) is 0.724. The number of rotatable bonds is 4. The van der Waals surface area contributed by atoms with Crippen LogP contribution in [0.3, 0.4) is 0 Å². The zero-order valence-electron chi connectivity index (χ0n) is 14.2. The molecule has 1 aliphatic rings. The van der Waals surface area contributed by atoms with Crippen LogP contribution in [-0.4, -0.2) is 45.7 Å². The Morgan fingerprint density at radius 3 is 2.59 bits per heavy atom. The summed E-state index contributed by atoms with van der Waals surface area (Å²) < 4.78 is 63.1. The molecule has 0 atom stereocenters. The van der Waals surface area contributed by atoms with Crippen molar-refractivity contribution < 1.29 is 21.6 Å². The van der Waals surface area contributed by atoms with Gasteiger partial charge in [-0.05, 0) is 43.2 Å². The number of pyridine rings is 1. The lowest BCUT2D eigenvalue weighted by molar-refractivity contribution is -0.0497. The monoisotopic (exact) mass is 402 g/mol. The minimum atomic E-state index is -5.25. The first kappa shape index (κ1) is 18.2. The number of alkyl halides is 3. The Balaban J connectivity index is 1.42. The molecule has 1 aliphatic heterocycles. The van der Waals surface area contributed by atoms with Crippen LogP contribution in [0.15, 0.2) is 23.1 Å². The first-order valence-electron chi connectivity index (χ1n) is 8.55. The SMILES string of the molecule is O=c1[nH]c2ccc(CCC3CCN(S(=O)(=O)C(F)(F)F)CC3)c3ncc1n23. The normalized spacial score (nSPS) is 18.0. The number of nitrogens with zero attached hydrogens (tertiary/aromatic N) is 3. The van der Waals surface area contributed by atoms with E-state index in [1.54, 1.807) is 10.5 Å². The van der Waals surface area contributed by atoms with Crippen molar-refractivity contribution in [2.75, 3.05) is 13.1 Å². The van der Waals surface area contributed by atoms with Gasteiger partial charge in [-0.15, -0.1) is 0 Å². The van der Waals surface area contributed by atoms with E-state index in [4.69, 9.17) is 0 Å². The van der Waals surface area contributed by atoms with Gasteiger partial charge in [-0.2, -0.15) is 17.5 Å². The molecule has 1 fully saturated rings. The second kappa shape index (κ2) is 6.20. The molecule has 0 aromatic carbocycles. The molecule has 0 saturated carbocycles. The van der Waals surface area contributed by atoms with Gasteiger partial charge in [-0.1, -0.05) is 6.07 Å². The minimum Gasteiger partial charge on any atom is -0.306 e.